The van der Waals surface area contributed by atoms with Crippen LogP contribution in [0.5, 0.6) is 0 Å². The van der Waals surface area contributed by atoms with Gasteiger partial charge in [0.15, 0.2) is 9.84 Å². The molecule has 1 amide bonds. The van der Waals surface area contributed by atoms with E-state index in [0.717, 1.165) is 13.1 Å². The summed E-state index contributed by atoms with van der Waals surface area (Å²) in [4.78, 5) is 13.7. The van der Waals surface area contributed by atoms with E-state index in [1.165, 1.54) is 0 Å². The van der Waals surface area contributed by atoms with Crippen LogP contribution in [-0.4, -0.2) is 50.4 Å². The van der Waals surface area contributed by atoms with Crippen LogP contribution < -0.4 is 5.32 Å². The Labute approximate surface area is 120 Å². The maximum atomic E-state index is 11.9. The summed E-state index contributed by atoms with van der Waals surface area (Å²) in [6.07, 6.45) is 0. The van der Waals surface area contributed by atoms with Gasteiger partial charge in [0.1, 0.15) is 5.75 Å². The predicted molar refractivity (Wildman–Crippen MR) is 81.5 cm³/mol. The monoisotopic (exact) mass is 298 g/mol. The van der Waals surface area contributed by atoms with E-state index in [9.17, 15) is 13.2 Å². The van der Waals surface area contributed by atoms with Gasteiger partial charge in [0.25, 0.3) is 0 Å². The molecule has 5 nitrogen and oxygen atoms in total. The van der Waals surface area contributed by atoms with Gasteiger partial charge in [0, 0.05) is 12.2 Å². The van der Waals surface area contributed by atoms with Gasteiger partial charge in [0.05, 0.1) is 5.75 Å². The van der Waals surface area contributed by atoms with Crippen LogP contribution in [0.3, 0.4) is 0 Å². The Kier molecular flexibility index (Phi) is 6.67. The van der Waals surface area contributed by atoms with Crippen molar-refractivity contribution < 1.29 is 13.2 Å². The number of nitrogens with zero attached hydrogens (tertiary/aromatic N) is 1. The van der Waals surface area contributed by atoms with Gasteiger partial charge in [-0.25, -0.2) is 8.42 Å². The molecule has 20 heavy (non-hydrogen) atoms. The second kappa shape index (κ2) is 8.01. The summed E-state index contributed by atoms with van der Waals surface area (Å²) >= 11 is 0. The smallest absolute Gasteiger partial charge is 0.239 e. The van der Waals surface area contributed by atoms with Crippen LogP contribution in [0.1, 0.15) is 13.8 Å². The molecule has 0 aromatic heterocycles. The lowest BCUT2D eigenvalue weighted by atomic mass is 10.3. The molecule has 0 aliphatic rings. The first-order valence-electron chi connectivity index (χ1n) is 6.74. The van der Waals surface area contributed by atoms with Crippen molar-refractivity contribution >= 4 is 21.4 Å². The van der Waals surface area contributed by atoms with Crippen LogP contribution >= 0.6 is 0 Å². The number of hydrogen-bond donors (Lipinski definition) is 1. The zero-order valence-electron chi connectivity index (χ0n) is 12.0. The minimum Gasteiger partial charge on any atom is -0.325 e. The quantitative estimate of drug-likeness (QED) is 0.787. The number of carbonyl (C=O) groups is 1. The molecule has 1 rings (SSSR count). The van der Waals surface area contributed by atoms with Crippen LogP contribution in [0.25, 0.3) is 0 Å². The number of rotatable bonds is 8. The maximum Gasteiger partial charge on any atom is 0.239 e. The lowest BCUT2D eigenvalue weighted by Crippen LogP contribution is -2.32. The Bertz CT molecular complexity index is 510. The van der Waals surface area contributed by atoms with Gasteiger partial charge in [-0.2, -0.15) is 0 Å². The van der Waals surface area contributed by atoms with Gasteiger partial charge in [-0.05, 0) is 25.2 Å². The summed E-state index contributed by atoms with van der Waals surface area (Å²) in [7, 11) is -3.37. The average molecular weight is 298 g/mol. The minimum absolute atomic E-state index is 0.0108. The number of carbonyl (C=O) groups excluding carboxylic acids is 1. The SMILES string of the molecule is CCN(CC)CCS(=O)(=O)CC(=O)Nc1ccccc1. The van der Waals surface area contributed by atoms with E-state index in [-0.39, 0.29) is 5.75 Å². The van der Waals surface area contributed by atoms with E-state index >= 15 is 0 Å². The molecule has 1 N–H and O–H groups in total. The van der Waals surface area contributed by atoms with E-state index < -0.39 is 21.5 Å². The summed E-state index contributed by atoms with van der Waals surface area (Å²) in [6, 6.07) is 8.84. The fraction of sp³-hybridized carbons (Fsp3) is 0.500. The van der Waals surface area contributed by atoms with Crippen molar-refractivity contribution in [3.8, 4) is 0 Å². The standard InChI is InChI=1S/C14H22N2O3S/c1-3-16(4-2)10-11-20(18,19)12-14(17)15-13-8-6-5-7-9-13/h5-9H,3-4,10-12H2,1-2H3,(H,15,17). The van der Waals surface area contributed by atoms with E-state index in [0.29, 0.717) is 12.2 Å². The first-order valence-corrected chi connectivity index (χ1v) is 8.56. The van der Waals surface area contributed by atoms with Gasteiger partial charge in [-0.3, -0.25) is 4.79 Å². The van der Waals surface area contributed by atoms with E-state index in [1.54, 1.807) is 24.3 Å². The third kappa shape index (κ3) is 6.16. The molecular formula is C14H22N2O3S. The third-order valence-corrected chi connectivity index (χ3v) is 4.53. The normalized spacial score (nSPS) is 11.6. The Morgan fingerprint density at radius 3 is 2.30 bits per heavy atom. The molecule has 0 atom stereocenters. The summed E-state index contributed by atoms with van der Waals surface area (Å²) in [5.74, 6) is -0.948. The van der Waals surface area contributed by atoms with Crippen molar-refractivity contribution in [3.05, 3.63) is 30.3 Å². The topological polar surface area (TPSA) is 66.5 Å². The highest BCUT2D eigenvalue weighted by Crippen LogP contribution is 2.05. The number of benzene rings is 1. The van der Waals surface area contributed by atoms with Crippen molar-refractivity contribution in [2.75, 3.05) is 36.5 Å². The summed E-state index contributed by atoms with van der Waals surface area (Å²) < 4.78 is 23.8. The lowest BCUT2D eigenvalue weighted by molar-refractivity contribution is -0.113. The second-order valence-corrected chi connectivity index (χ2v) is 6.72. The lowest BCUT2D eigenvalue weighted by Gasteiger charge is -2.17. The fourth-order valence-corrected chi connectivity index (χ4v) is 2.95. The zero-order chi connectivity index (χ0) is 15.0. The van der Waals surface area contributed by atoms with Crippen LogP contribution in [0.2, 0.25) is 0 Å². The molecule has 0 aliphatic heterocycles. The van der Waals surface area contributed by atoms with Crippen molar-refractivity contribution in [1.29, 1.82) is 0 Å². The average Bonchev–Trinajstić information content (AvgIpc) is 2.40. The van der Waals surface area contributed by atoms with Gasteiger partial charge in [-0.1, -0.05) is 32.0 Å². The molecule has 0 spiro atoms. The molecule has 112 valence electrons. The summed E-state index contributed by atoms with van der Waals surface area (Å²) in [5, 5.41) is 2.58. The Hall–Kier alpha value is -1.40. The van der Waals surface area contributed by atoms with Crippen molar-refractivity contribution in [2.45, 2.75) is 13.8 Å². The van der Waals surface area contributed by atoms with Crippen molar-refractivity contribution in [2.24, 2.45) is 0 Å². The molecule has 0 heterocycles. The Balaban J connectivity index is 2.47. The number of nitrogens with one attached hydrogen (secondary N) is 1. The number of sulfone groups is 1. The third-order valence-electron chi connectivity index (χ3n) is 3.02. The second-order valence-electron chi connectivity index (χ2n) is 4.53. The highest BCUT2D eigenvalue weighted by Gasteiger charge is 2.17. The first-order chi connectivity index (χ1) is 9.46. The molecular weight excluding hydrogens is 276 g/mol. The van der Waals surface area contributed by atoms with E-state index in [1.807, 2.05) is 24.8 Å². The first kappa shape index (κ1) is 16.7. The highest BCUT2D eigenvalue weighted by atomic mass is 32.2. The summed E-state index contributed by atoms with van der Waals surface area (Å²) in [6.45, 7) is 6.05. The molecule has 0 fully saturated rings. The fourth-order valence-electron chi connectivity index (χ4n) is 1.80. The van der Waals surface area contributed by atoms with Gasteiger partial charge >= 0.3 is 0 Å². The number of anilines is 1. The largest absolute Gasteiger partial charge is 0.325 e. The van der Waals surface area contributed by atoms with Gasteiger partial charge < -0.3 is 10.2 Å². The molecule has 0 saturated carbocycles. The number of hydrogen-bond acceptors (Lipinski definition) is 4. The van der Waals surface area contributed by atoms with Crippen molar-refractivity contribution in [3.63, 3.8) is 0 Å². The van der Waals surface area contributed by atoms with E-state index in [4.69, 9.17) is 0 Å². The zero-order valence-corrected chi connectivity index (χ0v) is 12.8. The molecule has 0 unspecified atom stereocenters. The molecule has 0 bridgehead atoms. The van der Waals surface area contributed by atoms with E-state index in [2.05, 4.69) is 5.32 Å². The predicted octanol–water partition coefficient (Wildman–Crippen LogP) is 1.38. The van der Waals surface area contributed by atoms with Crippen LogP contribution in [0, 0.1) is 0 Å². The molecule has 1 aromatic carbocycles. The molecule has 6 heteroatoms. The number of amides is 1. The molecule has 0 saturated heterocycles. The Morgan fingerprint density at radius 1 is 1.15 bits per heavy atom. The van der Waals surface area contributed by atoms with Gasteiger partial charge in [-0.15, -0.1) is 0 Å². The minimum atomic E-state index is -3.37. The Morgan fingerprint density at radius 2 is 1.75 bits per heavy atom. The maximum absolute atomic E-state index is 11.9. The number of para-hydroxylation sites is 1. The molecule has 0 aliphatic carbocycles. The summed E-state index contributed by atoms with van der Waals surface area (Å²) in [5.41, 5.74) is 0.608. The molecule has 1 aromatic rings. The van der Waals surface area contributed by atoms with Gasteiger partial charge in [0.2, 0.25) is 5.91 Å². The van der Waals surface area contributed by atoms with Crippen LogP contribution in [-0.2, 0) is 14.6 Å². The highest BCUT2D eigenvalue weighted by molar-refractivity contribution is 7.92. The van der Waals surface area contributed by atoms with Crippen molar-refractivity contribution in [1.82, 2.24) is 4.90 Å². The van der Waals surface area contributed by atoms with Crippen LogP contribution in [0.15, 0.2) is 30.3 Å². The van der Waals surface area contributed by atoms with Crippen LogP contribution in [0.4, 0.5) is 5.69 Å². The molecule has 0 radical (unpaired) electrons.